The van der Waals surface area contributed by atoms with Crippen LogP contribution in [0.15, 0.2) is 28.9 Å². The van der Waals surface area contributed by atoms with E-state index in [0.717, 1.165) is 31.4 Å². The van der Waals surface area contributed by atoms with Crippen LogP contribution in [0.5, 0.6) is 0 Å². The molecule has 0 spiro atoms. The molecule has 1 atom stereocenters. The summed E-state index contributed by atoms with van der Waals surface area (Å²) in [6.07, 6.45) is 6.87. The summed E-state index contributed by atoms with van der Waals surface area (Å²) in [5.74, 6) is 1.39. The Hall–Kier alpha value is -1.88. The van der Waals surface area contributed by atoms with E-state index < -0.39 is 0 Å². The SMILES string of the molecule is O=C(Nc1cc2ccncc2o1)C1CC2CCN(CC2)C1. The van der Waals surface area contributed by atoms with Crippen LogP contribution >= 0.6 is 0 Å². The van der Waals surface area contributed by atoms with Crippen LogP contribution in [-0.4, -0.2) is 35.4 Å². The minimum atomic E-state index is 0.0753. The molecule has 3 aliphatic heterocycles. The molecule has 0 radical (unpaired) electrons. The zero-order valence-corrected chi connectivity index (χ0v) is 11.9. The van der Waals surface area contributed by atoms with Crippen LogP contribution in [-0.2, 0) is 4.79 Å². The number of rotatable bonds is 2. The van der Waals surface area contributed by atoms with E-state index >= 15 is 0 Å². The Morgan fingerprint density at radius 2 is 2.24 bits per heavy atom. The first-order chi connectivity index (χ1) is 10.3. The van der Waals surface area contributed by atoms with Gasteiger partial charge in [0.15, 0.2) is 5.58 Å². The smallest absolute Gasteiger partial charge is 0.231 e. The molecule has 0 aromatic carbocycles. The number of fused-ring (bicyclic) bond motifs is 5. The van der Waals surface area contributed by atoms with Crippen molar-refractivity contribution in [3.05, 3.63) is 24.5 Å². The number of nitrogens with zero attached hydrogens (tertiary/aromatic N) is 2. The van der Waals surface area contributed by atoms with Crippen molar-refractivity contribution in [2.75, 3.05) is 25.0 Å². The monoisotopic (exact) mass is 285 g/mol. The summed E-state index contributed by atoms with van der Waals surface area (Å²) in [5, 5.41) is 3.90. The second-order valence-corrected chi connectivity index (χ2v) is 6.19. The zero-order chi connectivity index (χ0) is 14.2. The first-order valence-electron chi connectivity index (χ1n) is 7.65. The number of anilines is 1. The summed E-state index contributed by atoms with van der Waals surface area (Å²) < 4.78 is 5.62. The fourth-order valence-corrected chi connectivity index (χ4v) is 3.55. The maximum atomic E-state index is 12.5. The van der Waals surface area contributed by atoms with E-state index in [1.807, 2.05) is 12.1 Å². The Morgan fingerprint density at radius 1 is 1.38 bits per heavy atom. The molecule has 5 rings (SSSR count). The molecule has 5 heterocycles. The van der Waals surface area contributed by atoms with Gasteiger partial charge in [0.25, 0.3) is 0 Å². The number of hydrogen-bond acceptors (Lipinski definition) is 4. The summed E-state index contributed by atoms with van der Waals surface area (Å²) >= 11 is 0. The highest BCUT2D eigenvalue weighted by Gasteiger charge is 2.33. The molecular formula is C16H19N3O2. The number of pyridine rings is 1. The second-order valence-electron chi connectivity index (χ2n) is 6.19. The van der Waals surface area contributed by atoms with Gasteiger partial charge in [-0.25, -0.2) is 0 Å². The van der Waals surface area contributed by atoms with Gasteiger partial charge < -0.3 is 9.32 Å². The lowest BCUT2D eigenvalue weighted by Crippen LogP contribution is -2.34. The molecule has 1 unspecified atom stereocenters. The van der Waals surface area contributed by atoms with Crippen molar-refractivity contribution < 1.29 is 9.21 Å². The Kier molecular flexibility index (Phi) is 3.15. The second kappa shape index (κ2) is 5.15. The first-order valence-corrected chi connectivity index (χ1v) is 7.65. The fraction of sp³-hybridized carbons (Fsp3) is 0.500. The highest BCUT2D eigenvalue weighted by Crippen LogP contribution is 2.31. The van der Waals surface area contributed by atoms with Crippen molar-refractivity contribution in [1.82, 2.24) is 9.88 Å². The molecule has 3 saturated heterocycles. The van der Waals surface area contributed by atoms with Crippen LogP contribution in [0.25, 0.3) is 11.0 Å². The first kappa shape index (κ1) is 12.8. The Morgan fingerprint density at radius 3 is 3.05 bits per heavy atom. The summed E-state index contributed by atoms with van der Waals surface area (Å²) in [6, 6.07) is 3.74. The minimum Gasteiger partial charge on any atom is -0.439 e. The van der Waals surface area contributed by atoms with Gasteiger partial charge in [-0.1, -0.05) is 0 Å². The van der Waals surface area contributed by atoms with E-state index in [2.05, 4.69) is 15.2 Å². The van der Waals surface area contributed by atoms with Crippen LogP contribution < -0.4 is 5.32 Å². The number of amides is 1. The molecule has 3 fully saturated rings. The molecule has 2 bridgehead atoms. The topological polar surface area (TPSA) is 58.4 Å². The van der Waals surface area contributed by atoms with Crippen molar-refractivity contribution in [1.29, 1.82) is 0 Å². The number of piperidine rings is 1. The van der Waals surface area contributed by atoms with E-state index in [1.165, 1.54) is 12.8 Å². The maximum Gasteiger partial charge on any atom is 0.231 e. The summed E-state index contributed by atoms with van der Waals surface area (Å²) in [5.41, 5.74) is 0.706. The van der Waals surface area contributed by atoms with Gasteiger partial charge in [-0.3, -0.25) is 15.1 Å². The van der Waals surface area contributed by atoms with E-state index in [0.29, 0.717) is 17.4 Å². The number of nitrogens with one attached hydrogen (secondary N) is 1. The lowest BCUT2D eigenvalue weighted by molar-refractivity contribution is -0.120. The van der Waals surface area contributed by atoms with Gasteiger partial charge in [0.1, 0.15) is 0 Å². The predicted molar refractivity (Wildman–Crippen MR) is 79.9 cm³/mol. The van der Waals surface area contributed by atoms with Crippen LogP contribution in [0.3, 0.4) is 0 Å². The molecule has 2 aromatic rings. The number of furan rings is 1. The molecule has 0 aliphatic carbocycles. The zero-order valence-electron chi connectivity index (χ0n) is 11.9. The Bertz CT molecular complexity index is 611. The molecule has 0 saturated carbocycles. The normalized spacial score (nSPS) is 28.5. The lowest BCUT2D eigenvalue weighted by atomic mass is 9.91. The van der Waals surface area contributed by atoms with Crippen LogP contribution in [0.2, 0.25) is 0 Å². The predicted octanol–water partition coefficient (Wildman–Crippen LogP) is 2.50. The molecule has 21 heavy (non-hydrogen) atoms. The summed E-state index contributed by atoms with van der Waals surface area (Å²) in [6.45, 7) is 3.17. The Balaban J connectivity index is 1.50. The van der Waals surface area contributed by atoms with Gasteiger partial charge >= 0.3 is 0 Å². The third-order valence-electron chi connectivity index (χ3n) is 4.74. The molecule has 110 valence electrons. The van der Waals surface area contributed by atoms with Crippen LogP contribution in [0, 0.1) is 11.8 Å². The van der Waals surface area contributed by atoms with Crippen molar-refractivity contribution >= 4 is 22.8 Å². The highest BCUT2D eigenvalue weighted by molar-refractivity contribution is 5.93. The van der Waals surface area contributed by atoms with Gasteiger partial charge in [-0.05, 0) is 44.3 Å². The Labute approximate surface area is 123 Å². The van der Waals surface area contributed by atoms with Crippen LogP contribution in [0.4, 0.5) is 5.88 Å². The fourth-order valence-electron chi connectivity index (χ4n) is 3.55. The standard InChI is InChI=1S/C16H19N3O2/c20-16(13-7-11-2-5-19(10-13)6-3-11)18-15-8-12-1-4-17-9-14(12)21-15/h1,4,8-9,11,13H,2-3,5-7,10H2,(H,18,20). The average molecular weight is 285 g/mol. The largest absolute Gasteiger partial charge is 0.439 e. The van der Waals surface area contributed by atoms with E-state index in [9.17, 15) is 4.79 Å². The third-order valence-corrected chi connectivity index (χ3v) is 4.74. The van der Waals surface area contributed by atoms with Crippen molar-refractivity contribution in [3.8, 4) is 0 Å². The number of carbonyl (C=O) groups excluding carboxylic acids is 1. The summed E-state index contributed by atoms with van der Waals surface area (Å²) in [7, 11) is 0. The maximum absolute atomic E-state index is 12.5. The molecule has 1 amide bonds. The average Bonchev–Trinajstić information content (AvgIpc) is 2.68. The number of aromatic nitrogens is 1. The molecular weight excluding hydrogens is 266 g/mol. The van der Waals surface area contributed by atoms with E-state index in [-0.39, 0.29) is 11.8 Å². The molecule has 2 aromatic heterocycles. The van der Waals surface area contributed by atoms with Gasteiger partial charge in [0.05, 0.1) is 12.1 Å². The minimum absolute atomic E-state index is 0.0753. The van der Waals surface area contributed by atoms with Gasteiger partial charge in [0, 0.05) is 24.2 Å². The van der Waals surface area contributed by atoms with Crippen LogP contribution in [0.1, 0.15) is 19.3 Å². The van der Waals surface area contributed by atoms with E-state index in [4.69, 9.17) is 4.42 Å². The van der Waals surface area contributed by atoms with Crippen molar-refractivity contribution in [2.45, 2.75) is 19.3 Å². The van der Waals surface area contributed by atoms with Gasteiger partial charge in [-0.15, -0.1) is 0 Å². The highest BCUT2D eigenvalue weighted by atomic mass is 16.4. The van der Waals surface area contributed by atoms with Gasteiger partial charge in [0.2, 0.25) is 11.8 Å². The quantitative estimate of drug-likeness (QED) is 0.921. The molecule has 5 nitrogen and oxygen atoms in total. The van der Waals surface area contributed by atoms with E-state index in [1.54, 1.807) is 12.4 Å². The number of hydrogen-bond donors (Lipinski definition) is 1. The lowest BCUT2D eigenvalue weighted by Gasteiger charge is -2.26. The molecule has 3 aliphatic rings. The third kappa shape index (κ3) is 2.53. The van der Waals surface area contributed by atoms with Crippen molar-refractivity contribution in [3.63, 3.8) is 0 Å². The molecule has 5 heteroatoms. The number of carbonyl (C=O) groups is 1. The van der Waals surface area contributed by atoms with Crippen molar-refractivity contribution in [2.24, 2.45) is 11.8 Å². The summed E-state index contributed by atoms with van der Waals surface area (Å²) in [4.78, 5) is 18.9. The van der Waals surface area contributed by atoms with Gasteiger partial charge in [-0.2, -0.15) is 0 Å². The molecule has 1 N–H and O–H groups in total.